The molecule has 8 nitrogen and oxygen atoms in total. The molecule has 0 unspecified atom stereocenters. The molecule has 214 valence electrons. The Labute approximate surface area is 247 Å². The predicted molar refractivity (Wildman–Crippen MR) is 169 cm³/mol. The van der Waals surface area contributed by atoms with Gasteiger partial charge in [-0.05, 0) is 99.9 Å². The summed E-state index contributed by atoms with van der Waals surface area (Å²) < 4.78 is 34.7. The monoisotopic (exact) mass is 589 g/mol. The van der Waals surface area contributed by atoms with Crippen molar-refractivity contribution in [2.24, 2.45) is 0 Å². The predicted octanol–water partition coefficient (Wildman–Crippen LogP) is 5.97. The lowest BCUT2D eigenvalue weighted by Crippen LogP contribution is -2.29. The van der Waals surface area contributed by atoms with Gasteiger partial charge >= 0.3 is 0 Å². The Bertz CT molecular complexity index is 1730. The molecule has 4 aromatic rings. The number of methoxy groups -OCH3 is 1. The summed E-state index contributed by atoms with van der Waals surface area (Å²) in [4.78, 5) is 6.72. The van der Waals surface area contributed by atoms with E-state index >= 15 is 0 Å². The van der Waals surface area contributed by atoms with Gasteiger partial charge in [0.25, 0.3) is 0 Å². The molecule has 2 N–H and O–H groups in total. The number of hydrogen-bond acceptors (Lipinski definition) is 5. The van der Waals surface area contributed by atoms with Gasteiger partial charge in [0.1, 0.15) is 5.75 Å². The van der Waals surface area contributed by atoms with E-state index < -0.39 is 10.0 Å². The fourth-order valence-electron chi connectivity index (χ4n) is 6.03. The highest BCUT2D eigenvalue weighted by molar-refractivity contribution is 7.92. The van der Waals surface area contributed by atoms with Crippen molar-refractivity contribution in [3.63, 3.8) is 0 Å². The molecule has 2 atom stereocenters. The quantitative estimate of drug-likeness (QED) is 0.257. The van der Waals surface area contributed by atoms with Crippen molar-refractivity contribution in [3.05, 3.63) is 100 Å². The SMILES string of the molecule is COc1ccc(N2C(=S)N[C@@H](c3ccccn3)[C@@H]2c2cc(C)n(-c3c(C)cc(C)cc3C)c2C)cc1NS(C)(=O)=O. The van der Waals surface area contributed by atoms with Gasteiger partial charge in [-0.15, -0.1) is 0 Å². The van der Waals surface area contributed by atoms with Crippen molar-refractivity contribution >= 4 is 38.7 Å². The van der Waals surface area contributed by atoms with Crippen molar-refractivity contribution in [1.29, 1.82) is 0 Å². The molecule has 3 heterocycles. The smallest absolute Gasteiger partial charge is 0.229 e. The zero-order valence-corrected chi connectivity index (χ0v) is 25.9. The van der Waals surface area contributed by atoms with Crippen LogP contribution in [0.25, 0.3) is 5.69 Å². The fourth-order valence-corrected chi connectivity index (χ4v) is 6.94. The first-order chi connectivity index (χ1) is 19.4. The summed E-state index contributed by atoms with van der Waals surface area (Å²) in [5.41, 5.74) is 10.1. The van der Waals surface area contributed by atoms with Crippen LogP contribution in [0.15, 0.2) is 60.8 Å². The molecule has 0 radical (unpaired) electrons. The number of anilines is 2. The minimum Gasteiger partial charge on any atom is -0.495 e. The summed E-state index contributed by atoms with van der Waals surface area (Å²) in [5, 5.41) is 4.03. The van der Waals surface area contributed by atoms with E-state index in [1.54, 1.807) is 18.3 Å². The Balaban J connectivity index is 1.71. The van der Waals surface area contributed by atoms with Gasteiger partial charge in [0.05, 0.1) is 42.5 Å². The van der Waals surface area contributed by atoms with E-state index in [9.17, 15) is 8.42 Å². The maximum Gasteiger partial charge on any atom is 0.229 e. The standard InChI is InChI=1S/C31H35N5O3S2/c1-18-14-19(2)29(20(3)15-18)35-21(4)16-24(22(35)5)30-28(25-10-8-9-13-32-25)33-31(40)36(30)23-11-12-27(39-6)26(17-23)34-41(7,37)38/h8-17,28,30,34H,1-7H3,(H,33,40)/t28-,30-/m0/s1. The highest BCUT2D eigenvalue weighted by atomic mass is 32.2. The van der Waals surface area contributed by atoms with Gasteiger partial charge in [0.2, 0.25) is 10.0 Å². The Morgan fingerprint density at radius 3 is 2.32 bits per heavy atom. The Kier molecular flexibility index (Phi) is 7.56. The number of aryl methyl sites for hydroxylation is 4. The first-order valence-electron chi connectivity index (χ1n) is 13.3. The molecule has 0 aliphatic carbocycles. The first kappa shape index (κ1) is 28.6. The Hall–Kier alpha value is -3.89. The first-order valence-corrected chi connectivity index (χ1v) is 15.6. The molecule has 1 saturated heterocycles. The van der Waals surface area contributed by atoms with Crippen molar-refractivity contribution in [1.82, 2.24) is 14.9 Å². The number of benzene rings is 2. The molecule has 1 aliphatic heterocycles. The van der Waals surface area contributed by atoms with Crippen LogP contribution in [0.5, 0.6) is 5.75 Å². The van der Waals surface area contributed by atoms with E-state index in [-0.39, 0.29) is 12.1 Å². The van der Waals surface area contributed by atoms with Crippen LogP contribution in [0.3, 0.4) is 0 Å². The largest absolute Gasteiger partial charge is 0.495 e. The number of thiocarbonyl (C=S) groups is 1. The molecule has 2 aromatic heterocycles. The molecule has 0 saturated carbocycles. The van der Waals surface area contributed by atoms with Crippen LogP contribution in [-0.4, -0.2) is 36.4 Å². The number of aromatic nitrogens is 2. The average Bonchev–Trinajstić information content (AvgIpc) is 3.38. The lowest BCUT2D eigenvalue weighted by molar-refractivity contribution is 0.417. The van der Waals surface area contributed by atoms with E-state index in [4.69, 9.17) is 17.0 Å². The second-order valence-electron chi connectivity index (χ2n) is 10.7. The van der Waals surface area contributed by atoms with Crippen LogP contribution >= 0.6 is 12.2 Å². The van der Waals surface area contributed by atoms with Crippen LogP contribution in [0.1, 0.15) is 51.4 Å². The Morgan fingerprint density at radius 1 is 1.00 bits per heavy atom. The number of sulfonamides is 1. The maximum absolute atomic E-state index is 12.2. The lowest BCUT2D eigenvalue weighted by atomic mass is 9.96. The molecule has 1 aliphatic rings. The summed E-state index contributed by atoms with van der Waals surface area (Å²) >= 11 is 5.93. The topological polar surface area (TPSA) is 88.5 Å². The summed E-state index contributed by atoms with van der Waals surface area (Å²) in [6.07, 6.45) is 2.90. The van der Waals surface area contributed by atoms with Crippen molar-refractivity contribution in [3.8, 4) is 11.4 Å². The summed E-state index contributed by atoms with van der Waals surface area (Å²) in [7, 11) is -2.04. The number of nitrogens with one attached hydrogen (secondary N) is 2. The summed E-state index contributed by atoms with van der Waals surface area (Å²) in [5.74, 6) is 0.415. The molecule has 0 bridgehead atoms. The van der Waals surface area contributed by atoms with E-state index in [1.807, 2.05) is 29.2 Å². The fraction of sp³-hybridized carbons (Fsp3) is 0.290. The molecule has 0 spiro atoms. The van der Waals surface area contributed by atoms with Crippen LogP contribution in [0.4, 0.5) is 11.4 Å². The molecule has 0 amide bonds. The number of hydrogen-bond donors (Lipinski definition) is 2. The van der Waals surface area contributed by atoms with Crippen LogP contribution < -0.4 is 19.7 Å². The van der Waals surface area contributed by atoms with Gasteiger partial charge in [0.15, 0.2) is 5.11 Å². The van der Waals surface area contributed by atoms with Gasteiger partial charge in [0, 0.05) is 23.3 Å². The van der Waals surface area contributed by atoms with Crippen molar-refractivity contribution in [2.75, 3.05) is 23.0 Å². The van der Waals surface area contributed by atoms with Crippen molar-refractivity contribution < 1.29 is 13.2 Å². The number of ether oxygens (including phenoxy) is 1. The molecule has 41 heavy (non-hydrogen) atoms. The minimum absolute atomic E-state index is 0.244. The third kappa shape index (κ3) is 5.41. The number of pyridine rings is 1. The molecule has 2 aromatic carbocycles. The third-order valence-corrected chi connectivity index (χ3v) is 8.41. The molecular weight excluding hydrogens is 555 g/mol. The van der Waals surface area contributed by atoms with Gasteiger partial charge in [-0.1, -0.05) is 23.8 Å². The maximum atomic E-state index is 12.2. The van der Waals surface area contributed by atoms with Crippen LogP contribution in [0.2, 0.25) is 0 Å². The van der Waals surface area contributed by atoms with E-state index in [0.717, 1.165) is 34.6 Å². The van der Waals surface area contributed by atoms with Gasteiger partial charge in [-0.25, -0.2) is 8.42 Å². The second-order valence-corrected chi connectivity index (χ2v) is 12.8. The minimum atomic E-state index is -3.54. The second kappa shape index (κ2) is 10.8. The zero-order chi connectivity index (χ0) is 29.6. The Morgan fingerprint density at radius 2 is 1.71 bits per heavy atom. The van der Waals surface area contributed by atoms with E-state index in [1.165, 1.54) is 29.5 Å². The summed E-state index contributed by atoms with van der Waals surface area (Å²) in [6.45, 7) is 10.7. The zero-order valence-electron chi connectivity index (χ0n) is 24.3. The highest BCUT2D eigenvalue weighted by Crippen LogP contribution is 2.45. The van der Waals surface area contributed by atoms with Gasteiger partial charge in [-0.3, -0.25) is 9.71 Å². The highest BCUT2D eigenvalue weighted by Gasteiger charge is 2.42. The van der Waals surface area contributed by atoms with Crippen LogP contribution in [-0.2, 0) is 10.0 Å². The summed E-state index contributed by atoms with van der Waals surface area (Å²) in [6, 6.07) is 17.4. The van der Waals surface area contributed by atoms with Crippen molar-refractivity contribution in [2.45, 2.75) is 46.7 Å². The van der Waals surface area contributed by atoms with Gasteiger partial charge < -0.3 is 19.5 Å². The number of rotatable bonds is 7. The average molecular weight is 590 g/mol. The number of nitrogens with zero attached hydrogens (tertiary/aromatic N) is 3. The lowest BCUT2D eigenvalue weighted by Gasteiger charge is -2.29. The van der Waals surface area contributed by atoms with E-state index in [2.05, 4.69) is 72.4 Å². The molecule has 1 fully saturated rings. The molecule has 10 heteroatoms. The van der Waals surface area contributed by atoms with E-state index in [0.29, 0.717) is 16.5 Å². The molecule has 5 rings (SSSR count). The molecular formula is C31H35N5O3S2. The van der Waals surface area contributed by atoms with Crippen LogP contribution in [0, 0.1) is 34.6 Å². The third-order valence-electron chi connectivity index (χ3n) is 7.50. The normalized spacial score (nSPS) is 17.0. The van der Waals surface area contributed by atoms with Gasteiger partial charge in [-0.2, -0.15) is 0 Å².